The van der Waals surface area contributed by atoms with Crippen LogP contribution in [0.3, 0.4) is 0 Å². The number of aliphatic imine (C=N–C) groups is 2. The molecular formula is C29H24N4O6. The van der Waals surface area contributed by atoms with E-state index in [1.807, 2.05) is 48.5 Å². The lowest BCUT2D eigenvalue weighted by Crippen LogP contribution is -1.91. The third-order valence-corrected chi connectivity index (χ3v) is 5.38. The molecule has 0 unspecified atom stereocenters. The number of ether oxygens (including phenoxy) is 2. The van der Waals surface area contributed by atoms with Crippen LogP contribution < -0.4 is 9.47 Å². The van der Waals surface area contributed by atoms with Gasteiger partial charge in [0.05, 0.1) is 9.85 Å². The van der Waals surface area contributed by atoms with Crippen LogP contribution in [-0.4, -0.2) is 35.4 Å². The van der Waals surface area contributed by atoms with Crippen LogP contribution in [-0.2, 0) is 0 Å². The van der Waals surface area contributed by atoms with Crippen molar-refractivity contribution < 1.29 is 19.3 Å². The van der Waals surface area contributed by atoms with Crippen molar-refractivity contribution in [2.24, 2.45) is 9.98 Å². The quantitative estimate of drug-likeness (QED) is 0.0847. The molecule has 0 saturated carbocycles. The Labute approximate surface area is 224 Å². The van der Waals surface area contributed by atoms with E-state index >= 15 is 0 Å². The van der Waals surface area contributed by atoms with E-state index in [0.29, 0.717) is 36.1 Å². The van der Waals surface area contributed by atoms with Crippen molar-refractivity contribution in [2.45, 2.75) is 6.42 Å². The van der Waals surface area contributed by atoms with Gasteiger partial charge in [-0.25, -0.2) is 0 Å². The monoisotopic (exact) mass is 524 g/mol. The Bertz CT molecular complexity index is 1340. The van der Waals surface area contributed by atoms with Crippen LogP contribution in [0.15, 0.2) is 107 Å². The highest BCUT2D eigenvalue weighted by Crippen LogP contribution is 2.25. The lowest BCUT2D eigenvalue weighted by atomic mass is 10.2. The molecule has 4 aromatic carbocycles. The molecule has 4 rings (SSSR count). The van der Waals surface area contributed by atoms with E-state index in [-0.39, 0.29) is 11.4 Å². The number of hydrogen-bond donors (Lipinski definition) is 0. The maximum Gasteiger partial charge on any atom is 0.269 e. The summed E-state index contributed by atoms with van der Waals surface area (Å²) >= 11 is 0. The van der Waals surface area contributed by atoms with Crippen LogP contribution in [0.4, 0.5) is 11.4 Å². The Morgan fingerprint density at radius 1 is 0.538 bits per heavy atom. The topological polar surface area (TPSA) is 129 Å². The van der Waals surface area contributed by atoms with E-state index in [1.54, 1.807) is 36.7 Å². The lowest BCUT2D eigenvalue weighted by Gasteiger charge is -2.05. The average Bonchev–Trinajstić information content (AvgIpc) is 2.95. The average molecular weight is 525 g/mol. The molecule has 0 aliphatic heterocycles. The molecule has 10 nitrogen and oxygen atoms in total. The zero-order valence-corrected chi connectivity index (χ0v) is 20.8. The van der Waals surface area contributed by atoms with Gasteiger partial charge >= 0.3 is 0 Å². The fourth-order valence-electron chi connectivity index (χ4n) is 3.38. The molecule has 4 aromatic rings. The van der Waals surface area contributed by atoms with Crippen molar-refractivity contribution in [3.8, 4) is 23.0 Å². The number of nitro benzene ring substituents is 2. The van der Waals surface area contributed by atoms with Gasteiger partial charge in [-0.15, -0.1) is 0 Å². The van der Waals surface area contributed by atoms with Gasteiger partial charge in [0.15, 0.2) is 0 Å². The maximum atomic E-state index is 10.7. The van der Waals surface area contributed by atoms with E-state index in [1.165, 1.54) is 24.3 Å². The zero-order chi connectivity index (χ0) is 27.5. The van der Waals surface area contributed by atoms with Crippen molar-refractivity contribution in [1.82, 2.24) is 0 Å². The second-order valence-corrected chi connectivity index (χ2v) is 8.27. The summed E-state index contributed by atoms with van der Waals surface area (Å²) in [6.45, 7) is 1.28. The summed E-state index contributed by atoms with van der Waals surface area (Å²) in [5.41, 5.74) is 1.90. The number of nitro groups is 2. The van der Waals surface area contributed by atoms with Crippen molar-refractivity contribution in [3.05, 3.63) is 128 Å². The minimum absolute atomic E-state index is 0.0159. The highest BCUT2D eigenvalue weighted by atomic mass is 16.6. The predicted octanol–water partition coefficient (Wildman–Crippen LogP) is 7.02. The number of hydrogen-bond acceptors (Lipinski definition) is 8. The van der Waals surface area contributed by atoms with Crippen LogP contribution in [0.25, 0.3) is 0 Å². The first-order valence-corrected chi connectivity index (χ1v) is 12.0. The summed E-state index contributed by atoms with van der Waals surface area (Å²) in [5, 5.41) is 21.5. The van der Waals surface area contributed by atoms with Crippen molar-refractivity contribution in [1.29, 1.82) is 0 Å². The molecule has 0 bridgehead atoms. The van der Waals surface area contributed by atoms with E-state index in [4.69, 9.17) is 9.47 Å². The highest BCUT2D eigenvalue weighted by molar-refractivity contribution is 5.80. The fraction of sp³-hybridized carbons (Fsp3) is 0.103. The molecule has 0 amide bonds. The number of nitrogens with zero attached hydrogens (tertiary/aromatic N) is 4. The first kappa shape index (κ1) is 26.7. The number of benzene rings is 4. The molecule has 0 heterocycles. The Balaban J connectivity index is 1.16. The largest absolute Gasteiger partial charge is 0.457 e. The van der Waals surface area contributed by atoms with Crippen LogP contribution in [0, 0.1) is 20.2 Å². The van der Waals surface area contributed by atoms with Crippen molar-refractivity contribution in [2.75, 3.05) is 13.1 Å². The fourth-order valence-corrected chi connectivity index (χ4v) is 3.38. The summed E-state index contributed by atoms with van der Waals surface area (Å²) in [5.74, 6) is 2.30. The molecular weight excluding hydrogens is 500 g/mol. The predicted molar refractivity (Wildman–Crippen MR) is 149 cm³/mol. The molecule has 0 aliphatic carbocycles. The van der Waals surface area contributed by atoms with Gasteiger partial charge in [0.1, 0.15) is 23.0 Å². The second kappa shape index (κ2) is 13.2. The first-order valence-electron chi connectivity index (χ1n) is 12.0. The van der Waals surface area contributed by atoms with Gasteiger partial charge in [0.2, 0.25) is 0 Å². The van der Waals surface area contributed by atoms with E-state index in [9.17, 15) is 20.2 Å². The van der Waals surface area contributed by atoms with Gasteiger partial charge in [-0.2, -0.15) is 0 Å². The Hall–Kier alpha value is -5.38. The Morgan fingerprint density at radius 2 is 0.846 bits per heavy atom. The number of non-ortho nitro benzene ring substituents is 2. The molecule has 0 N–H and O–H groups in total. The Morgan fingerprint density at radius 3 is 1.15 bits per heavy atom. The van der Waals surface area contributed by atoms with E-state index in [2.05, 4.69) is 9.98 Å². The smallest absolute Gasteiger partial charge is 0.269 e. The molecule has 0 aliphatic rings. The van der Waals surface area contributed by atoms with Crippen LogP contribution in [0.5, 0.6) is 23.0 Å². The molecule has 196 valence electrons. The summed E-state index contributed by atoms with van der Waals surface area (Å²) in [4.78, 5) is 29.4. The van der Waals surface area contributed by atoms with Crippen LogP contribution in [0.2, 0.25) is 0 Å². The highest BCUT2D eigenvalue weighted by Gasteiger charge is 2.06. The van der Waals surface area contributed by atoms with E-state index < -0.39 is 9.85 Å². The lowest BCUT2D eigenvalue weighted by molar-refractivity contribution is -0.385. The molecule has 39 heavy (non-hydrogen) atoms. The zero-order valence-electron chi connectivity index (χ0n) is 20.8. The summed E-state index contributed by atoms with van der Waals surface area (Å²) in [6.07, 6.45) is 4.39. The van der Waals surface area contributed by atoms with Gasteiger partial charge in [0, 0.05) is 49.8 Å². The standard InChI is InChI=1S/C29H24N4O6/c34-32(35)24-6-14-28(15-7-24)38-26-10-2-22(3-11-26)20-30-18-1-19-31-21-23-4-12-27(13-5-23)39-29-16-8-25(9-17-29)33(36)37/h2-17,20-21H,1,18-19H2. The van der Waals surface area contributed by atoms with Gasteiger partial charge in [0.25, 0.3) is 11.4 Å². The van der Waals surface area contributed by atoms with Crippen LogP contribution in [0.1, 0.15) is 17.5 Å². The molecule has 0 spiro atoms. The van der Waals surface area contributed by atoms with Gasteiger partial charge < -0.3 is 9.47 Å². The third kappa shape index (κ3) is 8.32. The minimum Gasteiger partial charge on any atom is -0.457 e. The summed E-state index contributed by atoms with van der Waals surface area (Å²) < 4.78 is 11.4. The summed E-state index contributed by atoms with van der Waals surface area (Å²) in [7, 11) is 0. The molecule has 0 atom stereocenters. The van der Waals surface area contributed by atoms with Gasteiger partial charge in [-0.05, 0) is 90.3 Å². The number of rotatable bonds is 12. The molecule has 0 aromatic heterocycles. The van der Waals surface area contributed by atoms with Crippen molar-refractivity contribution in [3.63, 3.8) is 0 Å². The van der Waals surface area contributed by atoms with Gasteiger partial charge in [-0.3, -0.25) is 30.2 Å². The molecule has 0 fully saturated rings. The Kier molecular flexibility index (Phi) is 9.06. The minimum atomic E-state index is -0.451. The third-order valence-electron chi connectivity index (χ3n) is 5.38. The summed E-state index contributed by atoms with van der Waals surface area (Å²) in [6, 6.07) is 26.6. The second-order valence-electron chi connectivity index (χ2n) is 8.27. The first-order chi connectivity index (χ1) is 19.0. The molecule has 10 heteroatoms. The van der Waals surface area contributed by atoms with Crippen molar-refractivity contribution >= 4 is 23.8 Å². The molecule has 0 radical (unpaired) electrons. The van der Waals surface area contributed by atoms with E-state index in [0.717, 1.165) is 17.5 Å². The van der Waals surface area contributed by atoms with Crippen LogP contribution >= 0.6 is 0 Å². The maximum absolute atomic E-state index is 10.7. The SMILES string of the molecule is O=[N+]([O-])c1ccc(Oc2ccc(C=NCCCN=Cc3ccc(Oc4ccc([N+](=O)[O-])cc4)cc3)cc2)cc1. The normalized spacial score (nSPS) is 11.1. The molecule has 0 saturated heterocycles. The van der Waals surface area contributed by atoms with Gasteiger partial charge in [-0.1, -0.05) is 0 Å².